The first-order valence-corrected chi connectivity index (χ1v) is 4.52. The van der Waals surface area contributed by atoms with Gasteiger partial charge in [0.2, 0.25) is 0 Å². The van der Waals surface area contributed by atoms with Crippen molar-refractivity contribution in [3.8, 4) is 0 Å². The van der Waals surface area contributed by atoms with Crippen LogP contribution < -0.4 is 4.62 Å². The van der Waals surface area contributed by atoms with Crippen molar-refractivity contribution >= 4 is 24.5 Å². The predicted molar refractivity (Wildman–Crippen MR) is 38.2 cm³/mol. The molecule has 1 atom stereocenters. The van der Waals surface area contributed by atoms with Gasteiger partial charge in [-0.3, -0.25) is 0 Å². The van der Waals surface area contributed by atoms with Gasteiger partial charge in [-0.05, 0) is 18.1 Å². The van der Waals surface area contributed by atoms with Gasteiger partial charge in [0, 0.05) is 4.62 Å². The van der Waals surface area contributed by atoms with Gasteiger partial charge in [-0.1, -0.05) is 14.6 Å². The Morgan fingerprint density at radius 3 is 2.86 bits per heavy atom. The predicted octanol–water partition coefficient (Wildman–Crippen LogP) is 1.68. The zero-order chi connectivity index (χ0) is 5.11. The highest BCUT2D eigenvalue weighted by Crippen LogP contribution is 2.07. The molecule has 0 bridgehead atoms. The van der Waals surface area contributed by atoms with Crippen molar-refractivity contribution in [1.29, 1.82) is 0 Å². The highest BCUT2D eigenvalue weighted by atomic mass is 32.1. The van der Waals surface area contributed by atoms with Crippen LogP contribution in [0.25, 0.3) is 0 Å². The van der Waals surface area contributed by atoms with Crippen LogP contribution in [0.2, 0.25) is 0 Å². The molecule has 0 radical (unpaired) electrons. The van der Waals surface area contributed by atoms with Crippen LogP contribution in [0, 0.1) is 0 Å². The van der Waals surface area contributed by atoms with E-state index in [0.29, 0.717) is 0 Å². The molecule has 0 spiro atoms. The monoisotopic (exact) mass is 130 g/mol. The lowest BCUT2D eigenvalue weighted by atomic mass is 10.7. The zero-order valence-electron chi connectivity index (χ0n) is 4.14. The zero-order valence-corrected chi connectivity index (χ0v) is 5.96. The van der Waals surface area contributed by atoms with E-state index >= 15 is 0 Å². The maximum atomic E-state index is 2.20. The second-order valence-electron chi connectivity index (χ2n) is 1.23. The molecule has 1 aromatic heterocycles. The molecular weight excluding hydrogens is 123 g/mol. The van der Waals surface area contributed by atoms with Crippen molar-refractivity contribution in [2.45, 2.75) is 0 Å². The Balaban J connectivity index is 2.76. The van der Waals surface area contributed by atoms with E-state index in [9.17, 15) is 0 Å². The maximum Gasteiger partial charge on any atom is 0.0244 e. The number of thiophene rings is 1. The van der Waals surface area contributed by atoms with Crippen molar-refractivity contribution in [3.63, 3.8) is 0 Å². The van der Waals surface area contributed by atoms with E-state index in [1.165, 1.54) is 4.62 Å². The molecule has 1 rings (SSSR count). The fourth-order valence-corrected chi connectivity index (χ4v) is 1.82. The lowest BCUT2D eigenvalue weighted by molar-refractivity contribution is 2.07. The molecule has 0 aromatic carbocycles. The van der Waals surface area contributed by atoms with Gasteiger partial charge < -0.3 is 0 Å². The Morgan fingerprint density at radius 1 is 1.71 bits per heavy atom. The fourth-order valence-electron chi connectivity index (χ4n) is 0.421. The number of rotatable bonds is 1. The van der Waals surface area contributed by atoms with Crippen molar-refractivity contribution < 1.29 is 0 Å². The van der Waals surface area contributed by atoms with Crippen LogP contribution in [0.1, 0.15) is 0 Å². The molecular formula is C5H7PS. The van der Waals surface area contributed by atoms with Gasteiger partial charge in [0.15, 0.2) is 0 Å². The molecule has 0 aliphatic carbocycles. The third kappa shape index (κ3) is 1.25. The molecule has 0 fully saturated rings. The maximum absolute atomic E-state index is 2.20. The number of hydrogen-bond donors (Lipinski definition) is 0. The standard InChI is InChI=1S/C5H7PS/c1-6-5-3-2-4-7-5/h2-4,6H,1H3. The lowest BCUT2D eigenvalue weighted by Crippen LogP contribution is -1.76. The van der Waals surface area contributed by atoms with Crippen LogP contribution in [0.15, 0.2) is 17.5 Å². The van der Waals surface area contributed by atoms with Crippen molar-refractivity contribution in [2.24, 2.45) is 0 Å². The summed E-state index contributed by atoms with van der Waals surface area (Å²) < 4.78 is 1.50. The largest absolute Gasteiger partial charge is 0.144 e. The summed E-state index contributed by atoms with van der Waals surface area (Å²) in [5.41, 5.74) is 0. The summed E-state index contributed by atoms with van der Waals surface area (Å²) in [6.45, 7) is 2.20. The molecule has 1 unspecified atom stereocenters. The van der Waals surface area contributed by atoms with Crippen LogP contribution in [0.3, 0.4) is 0 Å². The van der Waals surface area contributed by atoms with Crippen LogP contribution in [0.4, 0.5) is 0 Å². The van der Waals surface area contributed by atoms with Crippen LogP contribution >= 0.6 is 19.9 Å². The summed E-state index contributed by atoms with van der Waals surface area (Å²) in [6.07, 6.45) is 0. The molecule has 0 amide bonds. The van der Waals surface area contributed by atoms with E-state index in [-0.39, 0.29) is 0 Å². The normalized spacial score (nSPS) is 11.0. The van der Waals surface area contributed by atoms with Crippen LogP contribution in [-0.4, -0.2) is 6.66 Å². The first-order chi connectivity index (χ1) is 3.43. The summed E-state index contributed by atoms with van der Waals surface area (Å²) in [5.74, 6) is 0. The van der Waals surface area contributed by atoms with Gasteiger partial charge >= 0.3 is 0 Å². The lowest BCUT2D eigenvalue weighted by Gasteiger charge is -1.79. The van der Waals surface area contributed by atoms with Gasteiger partial charge in [-0.2, -0.15) is 0 Å². The average Bonchev–Trinajstić information content (AvgIpc) is 2.14. The minimum Gasteiger partial charge on any atom is -0.144 e. The Morgan fingerprint density at radius 2 is 2.57 bits per heavy atom. The third-order valence-corrected chi connectivity index (χ3v) is 3.08. The Bertz CT molecular complexity index is 123. The summed E-state index contributed by atoms with van der Waals surface area (Å²) in [7, 11) is 0.973. The van der Waals surface area contributed by atoms with Gasteiger partial charge in [-0.25, -0.2) is 0 Å². The number of hydrogen-bond acceptors (Lipinski definition) is 1. The van der Waals surface area contributed by atoms with E-state index in [4.69, 9.17) is 0 Å². The minimum absolute atomic E-state index is 0.973. The molecule has 0 nitrogen and oxygen atoms in total. The van der Waals surface area contributed by atoms with E-state index in [0.717, 1.165) is 8.58 Å². The summed E-state index contributed by atoms with van der Waals surface area (Å²) >= 11 is 1.84. The topological polar surface area (TPSA) is 0 Å². The second kappa shape index (κ2) is 2.44. The molecule has 0 aliphatic rings. The molecule has 2 heteroatoms. The molecule has 7 heavy (non-hydrogen) atoms. The smallest absolute Gasteiger partial charge is 0.0244 e. The Kier molecular flexibility index (Phi) is 1.84. The second-order valence-corrected chi connectivity index (χ2v) is 3.58. The van der Waals surface area contributed by atoms with E-state index < -0.39 is 0 Å². The molecule has 38 valence electrons. The molecule has 0 saturated heterocycles. The van der Waals surface area contributed by atoms with Gasteiger partial charge in [0.25, 0.3) is 0 Å². The van der Waals surface area contributed by atoms with E-state index in [2.05, 4.69) is 24.2 Å². The summed E-state index contributed by atoms with van der Waals surface area (Å²) in [5, 5.41) is 2.12. The van der Waals surface area contributed by atoms with E-state index in [1.807, 2.05) is 11.3 Å². The molecule has 1 aromatic rings. The molecule has 1 heterocycles. The SMILES string of the molecule is CPc1cccs1. The molecule has 0 aliphatic heterocycles. The van der Waals surface area contributed by atoms with E-state index in [1.54, 1.807) is 0 Å². The quantitative estimate of drug-likeness (QED) is 0.507. The van der Waals surface area contributed by atoms with Crippen molar-refractivity contribution in [3.05, 3.63) is 17.5 Å². The average molecular weight is 130 g/mol. The summed E-state index contributed by atoms with van der Waals surface area (Å²) in [6, 6.07) is 4.26. The minimum atomic E-state index is 0.973. The fraction of sp³-hybridized carbons (Fsp3) is 0.200. The van der Waals surface area contributed by atoms with Crippen molar-refractivity contribution in [2.75, 3.05) is 6.66 Å². The molecule has 0 N–H and O–H groups in total. The Labute approximate surface area is 49.4 Å². The van der Waals surface area contributed by atoms with Gasteiger partial charge in [0.05, 0.1) is 0 Å². The van der Waals surface area contributed by atoms with Crippen LogP contribution in [0.5, 0.6) is 0 Å². The Hall–Kier alpha value is 0.130. The highest BCUT2D eigenvalue weighted by Gasteiger charge is 1.82. The van der Waals surface area contributed by atoms with Gasteiger partial charge in [-0.15, -0.1) is 11.3 Å². The summed E-state index contributed by atoms with van der Waals surface area (Å²) in [4.78, 5) is 0. The first-order valence-electron chi connectivity index (χ1n) is 2.15. The third-order valence-electron chi connectivity index (χ3n) is 0.768. The van der Waals surface area contributed by atoms with Gasteiger partial charge in [0.1, 0.15) is 0 Å². The van der Waals surface area contributed by atoms with Crippen molar-refractivity contribution in [1.82, 2.24) is 0 Å². The highest BCUT2D eigenvalue weighted by molar-refractivity contribution is 7.55. The molecule has 0 saturated carbocycles. The van der Waals surface area contributed by atoms with Crippen LogP contribution in [-0.2, 0) is 0 Å². The first kappa shape index (κ1) is 5.27.